The number of rotatable bonds is 1. The van der Waals surface area contributed by atoms with Crippen LogP contribution in [0.4, 0.5) is 0 Å². The lowest BCUT2D eigenvalue weighted by atomic mass is 9.45. The topological polar surface area (TPSA) is 43.4 Å². The van der Waals surface area contributed by atoms with Gasteiger partial charge in [-0.3, -0.25) is 9.59 Å². The average molecular weight is 330 g/mol. The first-order chi connectivity index (χ1) is 11.3. The van der Waals surface area contributed by atoms with E-state index in [2.05, 4.69) is 19.9 Å². The van der Waals surface area contributed by atoms with E-state index in [1.54, 1.807) is 0 Å². The highest BCUT2D eigenvalue weighted by molar-refractivity contribution is 5.97. The van der Waals surface area contributed by atoms with Gasteiger partial charge in [-0.25, -0.2) is 0 Å². The molecule has 4 rings (SSSR count). The predicted octanol–water partition coefficient (Wildman–Crippen LogP) is 4.31. The summed E-state index contributed by atoms with van der Waals surface area (Å²) in [5.74, 6) is 2.73. The standard InChI is InChI=1S/C21H30O3/c1-13(22)24-15-8-10-20(2)14(12-15)4-5-16-17-6-7-19(23)21(17,3)11-9-18(16)20/h6-7,14-18H,4-5,8-12H2,1-3H3/t14-,15?,16-,17-,18-,20-,21-/m0/s1. The molecule has 0 bridgehead atoms. The zero-order chi connectivity index (χ0) is 17.1. The molecule has 7 atom stereocenters. The van der Waals surface area contributed by atoms with Crippen molar-refractivity contribution < 1.29 is 14.3 Å². The number of carbonyl (C=O) groups excluding carboxylic acids is 2. The quantitative estimate of drug-likeness (QED) is 0.673. The fourth-order valence-electron chi connectivity index (χ4n) is 6.83. The van der Waals surface area contributed by atoms with E-state index in [-0.39, 0.29) is 17.5 Å². The molecule has 0 amide bonds. The van der Waals surface area contributed by atoms with Gasteiger partial charge in [-0.1, -0.05) is 19.9 Å². The summed E-state index contributed by atoms with van der Waals surface area (Å²) in [6, 6.07) is 0. The monoisotopic (exact) mass is 330 g/mol. The molecule has 1 unspecified atom stereocenters. The van der Waals surface area contributed by atoms with Crippen LogP contribution in [-0.4, -0.2) is 17.9 Å². The van der Waals surface area contributed by atoms with Crippen molar-refractivity contribution in [2.45, 2.75) is 71.8 Å². The molecule has 0 aromatic rings. The van der Waals surface area contributed by atoms with Crippen molar-refractivity contribution in [1.82, 2.24) is 0 Å². The fourth-order valence-corrected chi connectivity index (χ4v) is 6.83. The average Bonchev–Trinajstić information content (AvgIpc) is 2.83. The third-order valence-corrected chi connectivity index (χ3v) is 8.22. The summed E-state index contributed by atoms with van der Waals surface area (Å²) in [5, 5.41) is 0. The Hall–Kier alpha value is -1.12. The third-order valence-electron chi connectivity index (χ3n) is 8.22. The molecule has 0 aromatic carbocycles. The highest BCUT2D eigenvalue weighted by atomic mass is 16.5. The normalized spacial score (nSPS) is 50.0. The smallest absolute Gasteiger partial charge is 0.302 e. The maximum absolute atomic E-state index is 12.4. The Labute approximate surface area is 145 Å². The van der Waals surface area contributed by atoms with Crippen LogP contribution in [0.15, 0.2) is 12.2 Å². The first kappa shape index (κ1) is 16.4. The van der Waals surface area contributed by atoms with Crippen LogP contribution >= 0.6 is 0 Å². The fraction of sp³-hybridized carbons (Fsp3) is 0.810. The molecular weight excluding hydrogens is 300 g/mol. The minimum absolute atomic E-state index is 0.124. The van der Waals surface area contributed by atoms with Crippen LogP contribution in [-0.2, 0) is 14.3 Å². The highest BCUT2D eigenvalue weighted by Gasteiger charge is 2.59. The van der Waals surface area contributed by atoms with E-state index in [0.717, 1.165) is 31.6 Å². The zero-order valence-corrected chi connectivity index (χ0v) is 15.2. The van der Waals surface area contributed by atoms with Crippen molar-refractivity contribution in [1.29, 1.82) is 0 Å². The number of esters is 1. The molecule has 0 aliphatic heterocycles. The van der Waals surface area contributed by atoms with Gasteiger partial charge in [0.05, 0.1) is 0 Å². The Kier molecular flexibility index (Phi) is 3.71. The van der Waals surface area contributed by atoms with Gasteiger partial charge in [0.15, 0.2) is 5.78 Å². The number of fused-ring (bicyclic) bond motifs is 5. The van der Waals surface area contributed by atoms with Gasteiger partial charge in [-0.2, -0.15) is 0 Å². The lowest BCUT2D eigenvalue weighted by Crippen LogP contribution is -2.54. The first-order valence-electron chi connectivity index (χ1n) is 9.74. The first-order valence-corrected chi connectivity index (χ1v) is 9.74. The van der Waals surface area contributed by atoms with Crippen molar-refractivity contribution in [3.63, 3.8) is 0 Å². The Morgan fingerprint density at radius 1 is 1.17 bits per heavy atom. The van der Waals surface area contributed by atoms with Gasteiger partial charge in [0.2, 0.25) is 0 Å². The molecule has 0 N–H and O–H groups in total. The Morgan fingerprint density at radius 2 is 1.96 bits per heavy atom. The van der Waals surface area contributed by atoms with E-state index in [1.807, 2.05) is 6.08 Å². The maximum Gasteiger partial charge on any atom is 0.302 e. The van der Waals surface area contributed by atoms with Crippen LogP contribution < -0.4 is 0 Å². The lowest BCUT2D eigenvalue weighted by molar-refractivity contribution is -0.159. The van der Waals surface area contributed by atoms with Gasteiger partial charge in [-0.05, 0) is 80.1 Å². The summed E-state index contributed by atoms with van der Waals surface area (Å²) in [7, 11) is 0. The van der Waals surface area contributed by atoms with Crippen molar-refractivity contribution in [3.8, 4) is 0 Å². The summed E-state index contributed by atoms with van der Waals surface area (Å²) in [6.45, 7) is 6.21. The Morgan fingerprint density at radius 3 is 2.71 bits per heavy atom. The summed E-state index contributed by atoms with van der Waals surface area (Å²) in [6.07, 6.45) is 12.1. The van der Waals surface area contributed by atoms with Gasteiger partial charge in [0.25, 0.3) is 0 Å². The van der Waals surface area contributed by atoms with Crippen LogP contribution in [0, 0.1) is 34.5 Å². The minimum Gasteiger partial charge on any atom is -0.463 e. The van der Waals surface area contributed by atoms with E-state index in [9.17, 15) is 9.59 Å². The molecule has 3 nitrogen and oxygen atoms in total. The molecule has 4 aliphatic carbocycles. The summed E-state index contributed by atoms with van der Waals surface area (Å²) < 4.78 is 5.53. The number of ether oxygens (including phenoxy) is 1. The molecule has 0 spiro atoms. The molecule has 24 heavy (non-hydrogen) atoms. The van der Waals surface area contributed by atoms with E-state index >= 15 is 0 Å². The molecule has 4 aliphatic rings. The summed E-state index contributed by atoms with van der Waals surface area (Å²) in [5.41, 5.74) is 0.236. The lowest BCUT2D eigenvalue weighted by Gasteiger charge is -2.60. The van der Waals surface area contributed by atoms with Gasteiger partial charge in [-0.15, -0.1) is 0 Å². The molecular formula is C21H30O3. The van der Waals surface area contributed by atoms with Crippen molar-refractivity contribution >= 4 is 11.8 Å². The third kappa shape index (κ3) is 2.23. The number of ketones is 1. The van der Waals surface area contributed by atoms with Gasteiger partial charge < -0.3 is 4.74 Å². The van der Waals surface area contributed by atoms with E-state index in [0.29, 0.717) is 29.0 Å². The molecule has 0 radical (unpaired) electrons. The summed E-state index contributed by atoms with van der Waals surface area (Å²) >= 11 is 0. The van der Waals surface area contributed by atoms with Crippen molar-refractivity contribution in [3.05, 3.63) is 12.2 Å². The van der Waals surface area contributed by atoms with Gasteiger partial charge in [0, 0.05) is 12.3 Å². The molecule has 3 saturated carbocycles. The van der Waals surface area contributed by atoms with E-state index < -0.39 is 0 Å². The molecule has 0 heterocycles. The molecule has 132 valence electrons. The molecule has 0 saturated heterocycles. The minimum atomic E-state index is -0.139. The number of allylic oxidation sites excluding steroid dienone is 2. The second-order valence-corrected chi connectivity index (χ2v) is 9.26. The predicted molar refractivity (Wildman–Crippen MR) is 92.2 cm³/mol. The largest absolute Gasteiger partial charge is 0.463 e. The molecule has 3 heteroatoms. The SMILES string of the molecule is CC(=O)OC1CC[C@@]2(C)[C@@H](CC[C@@H]3[C@@H]2CC[C@]2(C)C(=O)C=C[C@@H]32)C1. The molecule has 0 aromatic heterocycles. The van der Waals surface area contributed by atoms with Crippen LogP contribution in [0.25, 0.3) is 0 Å². The second kappa shape index (κ2) is 5.44. The van der Waals surface area contributed by atoms with Gasteiger partial charge in [0.1, 0.15) is 6.10 Å². The maximum atomic E-state index is 12.4. The summed E-state index contributed by atoms with van der Waals surface area (Å²) in [4.78, 5) is 23.7. The Balaban J connectivity index is 1.55. The number of hydrogen-bond acceptors (Lipinski definition) is 3. The van der Waals surface area contributed by atoms with Crippen LogP contribution in [0.1, 0.15) is 65.7 Å². The van der Waals surface area contributed by atoms with E-state index in [4.69, 9.17) is 4.74 Å². The molecule has 3 fully saturated rings. The van der Waals surface area contributed by atoms with Crippen LogP contribution in [0.2, 0.25) is 0 Å². The van der Waals surface area contributed by atoms with Crippen LogP contribution in [0.5, 0.6) is 0 Å². The van der Waals surface area contributed by atoms with Gasteiger partial charge >= 0.3 is 5.97 Å². The van der Waals surface area contributed by atoms with E-state index in [1.165, 1.54) is 26.2 Å². The van der Waals surface area contributed by atoms with Crippen molar-refractivity contribution in [2.24, 2.45) is 34.5 Å². The number of carbonyl (C=O) groups is 2. The number of hydrogen-bond donors (Lipinski definition) is 0. The van der Waals surface area contributed by atoms with Crippen LogP contribution in [0.3, 0.4) is 0 Å². The Bertz CT molecular complexity index is 594. The second-order valence-electron chi connectivity index (χ2n) is 9.26. The van der Waals surface area contributed by atoms with Crippen molar-refractivity contribution in [2.75, 3.05) is 0 Å². The zero-order valence-electron chi connectivity index (χ0n) is 15.2. The highest BCUT2D eigenvalue weighted by Crippen LogP contribution is 2.64.